The van der Waals surface area contributed by atoms with E-state index >= 15 is 0 Å². The van der Waals surface area contributed by atoms with Gasteiger partial charge >= 0.3 is 0 Å². The van der Waals surface area contributed by atoms with E-state index in [4.69, 9.17) is 4.74 Å². The van der Waals surface area contributed by atoms with Crippen LogP contribution in [0.15, 0.2) is 54.6 Å². The zero-order valence-electron chi connectivity index (χ0n) is 18.8. The summed E-state index contributed by atoms with van der Waals surface area (Å²) in [7, 11) is -3.18. The van der Waals surface area contributed by atoms with Crippen LogP contribution in [0.5, 0.6) is 5.75 Å². The lowest BCUT2D eigenvalue weighted by Crippen LogP contribution is -2.44. The maximum atomic E-state index is 12.5. The lowest BCUT2D eigenvalue weighted by atomic mass is 9.97. The molecule has 0 saturated carbocycles. The lowest BCUT2D eigenvalue weighted by Gasteiger charge is -2.30. The molecular weight excluding hydrogens is 424 g/mol. The number of carbonyl (C=O) groups is 1. The van der Waals surface area contributed by atoms with Gasteiger partial charge in [0.15, 0.2) is 0 Å². The van der Waals surface area contributed by atoms with E-state index in [2.05, 4.69) is 5.32 Å². The van der Waals surface area contributed by atoms with Gasteiger partial charge in [-0.05, 0) is 48.9 Å². The molecule has 0 aliphatic carbocycles. The van der Waals surface area contributed by atoms with Crippen LogP contribution in [-0.2, 0) is 27.8 Å². The Morgan fingerprint density at radius 3 is 2.38 bits per heavy atom. The van der Waals surface area contributed by atoms with Gasteiger partial charge in [-0.25, -0.2) is 12.7 Å². The van der Waals surface area contributed by atoms with E-state index in [0.29, 0.717) is 45.5 Å². The first kappa shape index (κ1) is 24.3. The maximum Gasteiger partial charge on any atom is 0.223 e. The number of rotatable bonds is 11. The molecule has 1 N–H and O–H groups in total. The van der Waals surface area contributed by atoms with Crippen molar-refractivity contribution in [3.8, 4) is 5.75 Å². The number of ether oxygens (including phenoxy) is 1. The van der Waals surface area contributed by atoms with Gasteiger partial charge in [-0.15, -0.1) is 0 Å². The molecule has 0 unspecified atom stereocenters. The van der Waals surface area contributed by atoms with Gasteiger partial charge in [0.25, 0.3) is 0 Å². The molecule has 0 radical (unpaired) electrons. The van der Waals surface area contributed by atoms with Crippen LogP contribution >= 0.6 is 0 Å². The molecule has 1 heterocycles. The van der Waals surface area contributed by atoms with Crippen molar-refractivity contribution in [2.75, 3.05) is 25.4 Å². The van der Waals surface area contributed by atoms with Gasteiger partial charge < -0.3 is 10.1 Å². The average Bonchev–Trinajstić information content (AvgIpc) is 2.83. The fraction of sp³-hybridized carbons (Fsp3) is 0.480. The molecule has 3 rings (SSSR count). The number of benzene rings is 2. The zero-order valence-corrected chi connectivity index (χ0v) is 19.6. The first-order chi connectivity index (χ1) is 15.5. The summed E-state index contributed by atoms with van der Waals surface area (Å²) >= 11 is 0. The summed E-state index contributed by atoms with van der Waals surface area (Å²) in [5.74, 6) is 0.943. The first-order valence-corrected chi connectivity index (χ1v) is 13.1. The van der Waals surface area contributed by atoms with Crippen LogP contribution in [0, 0.1) is 5.92 Å². The molecule has 1 saturated heterocycles. The van der Waals surface area contributed by atoms with Crippen LogP contribution in [0.2, 0.25) is 0 Å². The van der Waals surface area contributed by atoms with Crippen molar-refractivity contribution in [1.82, 2.24) is 9.62 Å². The number of sulfonamides is 1. The summed E-state index contributed by atoms with van der Waals surface area (Å²) in [4.78, 5) is 12.5. The van der Waals surface area contributed by atoms with E-state index in [-0.39, 0.29) is 17.6 Å². The van der Waals surface area contributed by atoms with Crippen LogP contribution in [0.4, 0.5) is 0 Å². The van der Waals surface area contributed by atoms with Gasteiger partial charge in [-0.2, -0.15) is 0 Å². The van der Waals surface area contributed by atoms with Crippen LogP contribution in [0.25, 0.3) is 0 Å². The second-order valence-corrected chi connectivity index (χ2v) is 10.4. The SMILES string of the molecule is CCCCS(=O)(=O)N1CCC(C(=O)NCCc2ccc(OCc3ccccc3)cc2)CC1. The summed E-state index contributed by atoms with van der Waals surface area (Å²) in [6.07, 6.45) is 3.47. The van der Waals surface area contributed by atoms with Crippen molar-refractivity contribution in [2.24, 2.45) is 5.92 Å². The van der Waals surface area contributed by atoms with Gasteiger partial charge in [0.2, 0.25) is 15.9 Å². The fourth-order valence-electron chi connectivity index (χ4n) is 3.82. The van der Waals surface area contributed by atoms with Gasteiger partial charge in [-0.1, -0.05) is 55.8 Å². The van der Waals surface area contributed by atoms with Gasteiger partial charge in [0.1, 0.15) is 12.4 Å². The molecule has 0 aromatic heterocycles. The minimum absolute atomic E-state index is 0.0263. The molecule has 1 aliphatic heterocycles. The second kappa shape index (κ2) is 12.0. The molecule has 1 fully saturated rings. The van der Waals surface area contributed by atoms with Crippen LogP contribution < -0.4 is 10.1 Å². The third-order valence-corrected chi connectivity index (χ3v) is 7.82. The summed E-state index contributed by atoms with van der Waals surface area (Å²) in [5.41, 5.74) is 2.26. The van der Waals surface area contributed by atoms with Gasteiger partial charge in [0, 0.05) is 25.6 Å². The number of nitrogens with one attached hydrogen (secondary N) is 1. The molecule has 2 aromatic carbocycles. The third kappa shape index (κ3) is 7.35. The topological polar surface area (TPSA) is 75.7 Å². The molecule has 6 nitrogen and oxygen atoms in total. The molecular formula is C25H34N2O4S. The molecule has 0 bridgehead atoms. The van der Waals surface area contributed by atoms with E-state index in [0.717, 1.165) is 29.7 Å². The average molecular weight is 459 g/mol. The van der Waals surface area contributed by atoms with Crippen molar-refractivity contribution in [3.63, 3.8) is 0 Å². The third-order valence-electron chi connectivity index (χ3n) is 5.86. The Kier molecular flexibility index (Phi) is 9.11. The Balaban J connectivity index is 1.36. The Hall–Kier alpha value is -2.38. The smallest absolute Gasteiger partial charge is 0.223 e. The lowest BCUT2D eigenvalue weighted by molar-refractivity contribution is -0.126. The summed E-state index contributed by atoms with van der Waals surface area (Å²) in [5, 5.41) is 3.01. The van der Waals surface area contributed by atoms with Crippen molar-refractivity contribution in [1.29, 1.82) is 0 Å². The van der Waals surface area contributed by atoms with Crippen LogP contribution in [0.3, 0.4) is 0 Å². The highest BCUT2D eigenvalue weighted by atomic mass is 32.2. The van der Waals surface area contributed by atoms with Crippen molar-refractivity contribution >= 4 is 15.9 Å². The quantitative estimate of drug-likeness (QED) is 0.556. The van der Waals surface area contributed by atoms with E-state index in [9.17, 15) is 13.2 Å². The number of nitrogens with zero attached hydrogens (tertiary/aromatic N) is 1. The highest BCUT2D eigenvalue weighted by molar-refractivity contribution is 7.89. The molecule has 7 heteroatoms. The number of unbranched alkanes of at least 4 members (excludes halogenated alkanes) is 1. The molecule has 0 atom stereocenters. The van der Waals surface area contributed by atoms with E-state index < -0.39 is 10.0 Å². The number of amides is 1. The van der Waals surface area contributed by atoms with Crippen LogP contribution in [-0.4, -0.2) is 44.0 Å². The second-order valence-electron chi connectivity index (χ2n) is 8.30. The Bertz CT molecular complexity index is 938. The maximum absolute atomic E-state index is 12.5. The Morgan fingerprint density at radius 1 is 1.03 bits per heavy atom. The van der Waals surface area contributed by atoms with Gasteiger partial charge in [-0.3, -0.25) is 4.79 Å². The zero-order chi connectivity index (χ0) is 22.8. The number of hydrogen-bond acceptors (Lipinski definition) is 4. The largest absolute Gasteiger partial charge is 0.489 e. The highest BCUT2D eigenvalue weighted by Gasteiger charge is 2.30. The standard InChI is InChI=1S/C25H34N2O4S/c1-2-3-19-32(29,30)27-17-14-23(15-18-27)25(28)26-16-13-21-9-11-24(12-10-21)31-20-22-7-5-4-6-8-22/h4-12,23H,2-3,13-20H2,1H3,(H,26,28). The molecule has 1 aliphatic rings. The summed E-state index contributed by atoms with van der Waals surface area (Å²) in [6.45, 7) is 3.97. The number of hydrogen-bond donors (Lipinski definition) is 1. The van der Waals surface area contributed by atoms with Crippen molar-refractivity contribution in [2.45, 2.75) is 45.6 Å². The monoisotopic (exact) mass is 458 g/mol. The van der Waals surface area contributed by atoms with Crippen molar-refractivity contribution < 1.29 is 17.9 Å². The normalized spacial score (nSPS) is 15.4. The number of piperidine rings is 1. The number of carbonyl (C=O) groups excluding carboxylic acids is 1. The van der Waals surface area contributed by atoms with E-state index in [1.165, 1.54) is 0 Å². The summed E-state index contributed by atoms with van der Waals surface area (Å²) < 4.78 is 32.0. The van der Waals surface area contributed by atoms with E-state index in [1.54, 1.807) is 4.31 Å². The Labute approximate surface area is 192 Å². The molecule has 1 amide bonds. The van der Waals surface area contributed by atoms with Crippen LogP contribution in [0.1, 0.15) is 43.7 Å². The van der Waals surface area contributed by atoms with Gasteiger partial charge in [0.05, 0.1) is 5.75 Å². The molecule has 0 spiro atoms. The minimum atomic E-state index is -3.18. The predicted molar refractivity (Wildman–Crippen MR) is 127 cm³/mol. The minimum Gasteiger partial charge on any atom is -0.489 e. The fourth-order valence-corrected chi connectivity index (χ4v) is 5.50. The molecule has 32 heavy (non-hydrogen) atoms. The van der Waals surface area contributed by atoms with Crippen molar-refractivity contribution in [3.05, 3.63) is 65.7 Å². The Morgan fingerprint density at radius 2 is 1.72 bits per heavy atom. The predicted octanol–water partition coefficient (Wildman–Crippen LogP) is 3.77. The highest BCUT2D eigenvalue weighted by Crippen LogP contribution is 2.21. The summed E-state index contributed by atoms with van der Waals surface area (Å²) in [6, 6.07) is 18.0. The molecule has 2 aromatic rings. The first-order valence-electron chi connectivity index (χ1n) is 11.5. The van der Waals surface area contributed by atoms with E-state index in [1.807, 2.05) is 61.5 Å². The molecule has 174 valence electrons.